The van der Waals surface area contributed by atoms with Crippen LogP contribution in [-0.4, -0.2) is 19.1 Å². The second-order valence-corrected chi connectivity index (χ2v) is 4.91. The molecule has 16 heavy (non-hydrogen) atoms. The molecular formula is C13H19ClN2. The fourth-order valence-electron chi connectivity index (χ4n) is 2.39. The fraction of sp³-hybridized carbons (Fsp3) is 0.538. The molecule has 0 radical (unpaired) electrons. The number of nitrogens with two attached hydrogens (primary N) is 1. The van der Waals surface area contributed by atoms with Gasteiger partial charge in [0, 0.05) is 23.3 Å². The maximum absolute atomic E-state index is 6.25. The monoisotopic (exact) mass is 238 g/mol. The molecular weight excluding hydrogens is 220 g/mol. The van der Waals surface area contributed by atoms with Crippen molar-refractivity contribution in [3.05, 3.63) is 28.8 Å². The SMILES string of the molecule is CC1CCCN1c1ccc(CCN)c(Cl)c1. The molecule has 1 atom stereocenters. The number of halogens is 1. The molecule has 1 aromatic carbocycles. The van der Waals surface area contributed by atoms with E-state index in [0.29, 0.717) is 12.6 Å². The first-order valence-corrected chi connectivity index (χ1v) is 6.35. The van der Waals surface area contributed by atoms with Crippen molar-refractivity contribution in [2.45, 2.75) is 32.2 Å². The van der Waals surface area contributed by atoms with Crippen LogP contribution >= 0.6 is 11.6 Å². The van der Waals surface area contributed by atoms with Crippen LogP contribution in [0.15, 0.2) is 18.2 Å². The quantitative estimate of drug-likeness (QED) is 0.878. The van der Waals surface area contributed by atoms with Crippen LogP contribution < -0.4 is 10.6 Å². The lowest BCUT2D eigenvalue weighted by atomic mass is 10.1. The number of hydrogen-bond acceptors (Lipinski definition) is 2. The summed E-state index contributed by atoms with van der Waals surface area (Å²) in [6.45, 7) is 4.07. The molecule has 0 bridgehead atoms. The molecule has 0 saturated carbocycles. The third-order valence-corrected chi connectivity index (χ3v) is 3.69. The highest BCUT2D eigenvalue weighted by molar-refractivity contribution is 6.31. The molecule has 2 N–H and O–H groups in total. The van der Waals surface area contributed by atoms with E-state index in [0.717, 1.165) is 23.6 Å². The molecule has 0 amide bonds. The van der Waals surface area contributed by atoms with Gasteiger partial charge in [-0.15, -0.1) is 0 Å². The van der Waals surface area contributed by atoms with Gasteiger partial charge in [0.1, 0.15) is 0 Å². The number of rotatable bonds is 3. The summed E-state index contributed by atoms with van der Waals surface area (Å²) in [5.41, 5.74) is 7.94. The summed E-state index contributed by atoms with van der Waals surface area (Å²) in [7, 11) is 0. The average molecular weight is 239 g/mol. The normalized spacial score (nSPS) is 20.4. The number of benzene rings is 1. The van der Waals surface area contributed by atoms with E-state index in [-0.39, 0.29) is 0 Å². The van der Waals surface area contributed by atoms with E-state index in [1.54, 1.807) is 0 Å². The van der Waals surface area contributed by atoms with Gasteiger partial charge in [0.05, 0.1) is 0 Å². The van der Waals surface area contributed by atoms with Crippen LogP contribution in [0.4, 0.5) is 5.69 Å². The predicted octanol–water partition coefficient (Wildman–Crippen LogP) is 2.83. The lowest BCUT2D eigenvalue weighted by molar-refractivity contribution is 0.735. The Bertz CT molecular complexity index is 365. The summed E-state index contributed by atoms with van der Waals surface area (Å²) >= 11 is 6.25. The molecule has 1 unspecified atom stereocenters. The Morgan fingerprint density at radius 3 is 2.88 bits per heavy atom. The van der Waals surface area contributed by atoms with Crippen molar-refractivity contribution < 1.29 is 0 Å². The summed E-state index contributed by atoms with van der Waals surface area (Å²) in [5.74, 6) is 0. The van der Waals surface area contributed by atoms with Gasteiger partial charge in [0.15, 0.2) is 0 Å². The van der Waals surface area contributed by atoms with E-state index in [9.17, 15) is 0 Å². The number of hydrogen-bond donors (Lipinski definition) is 1. The van der Waals surface area contributed by atoms with Crippen molar-refractivity contribution in [3.63, 3.8) is 0 Å². The minimum Gasteiger partial charge on any atom is -0.369 e. The Balaban J connectivity index is 2.20. The summed E-state index contributed by atoms with van der Waals surface area (Å²) in [6.07, 6.45) is 3.42. The molecule has 3 heteroatoms. The molecule has 1 aliphatic heterocycles. The molecule has 88 valence electrons. The Morgan fingerprint density at radius 2 is 2.31 bits per heavy atom. The number of nitrogens with zero attached hydrogens (tertiary/aromatic N) is 1. The zero-order valence-corrected chi connectivity index (χ0v) is 10.5. The largest absolute Gasteiger partial charge is 0.369 e. The molecule has 0 spiro atoms. The molecule has 1 aliphatic rings. The van der Waals surface area contributed by atoms with Crippen LogP contribution in [0.5, 0.6) is 0 Å². The fourth-order valence-corrected chi connectivity index (χ4v) is 2.66. The molecule has 2 nitrogen and oxygen atoms in total. The maximum Gasteiger partial charge on any atom is 0.0459 e. The minimum atomic E-state index is 0.636. The van der Waals surface area contributed by atoms with Crippen LogP contribution in [0.2, 0.25) is 5.02 Å². The highest BCUT2D eigenvalue weighted by atomic mass is 35.5. The molecule has 1 saturated heterocycles. The Kier molecular flexibility index (Phi) is 3.72. The highest BCUT2D eigenvalue weighted by Gasteiger charge is 2.20. The first kappa shape index (κ1) is 11.7. The van der Waals surface area contributed by atoms with E-state index in [1.807, 2.05) is 0 Å². The van der Waals surface area contributed by atoms with Crippen molar-refractivity contribution in [1.82, 2.24) is 0 Å². The highest BCUT2D eigenvalue weighted by Crippen LogP contribution is 2.29. The van der Waals surface area contributed by atoms with Crippen molar-refractivity contribution in [2.75, 3.05) is 18.0 Å². The van der Waals surface area contributed by atoms with E-state index in [4.69, 9.17) is 17.3 Å². The standard InChI is InChI=1S/C13H19ClN2/c1-10-3-2-8-16(10)12-5-4-11(6-7-15)13(14)9-12/h4-5,9-10H,2-3,6-8,15H2,1H3. The summed E-state index contributed by atoms with van der Waals surface area (Å²) < 4.78 is 0. The van der Waals surface area contributed by atoms with Gasteiger partial charge < -0.3 is 10.6 Å². The van der Waals surface area contributed by atoms with E-state index in [2.05, 4.69) is 30.0 Å². The lowest BCUT2D eigenvalue weighted by Gasteiger charge is -2.24. The maximum atomic E-state index is 6.25. The van der Waals surface area contributed by atoms with Gasteiger partial charge in [-0.25, -0.2) is 0 Å². The van der Waals surface area contributed by atoms with Crippen LogP contribution in [-0.2, 0) is 6.42 Å². The first-order valence-electron chi connectivity index (χ1n) is 5.97. The third-order valence-electron chi connectivity index (χ3n) is 3.33. The van der Waals surface area contributed by atoms with Crippen molar-refractivity contribution in [2.24, 2.45) is 5.73 Å². The second kappa shape index (κ2) is 5.07. The van der Waals surface area contributed by atoms with Crippen LogP contribution in [0, 0.1) is 0 Å². The zero-order chi connectivity index (χ0) is 11.5. The predicted molar refractivity (Wildman–Crippen MR) is 70.3 cm³/mol. The van der Waals surface area contributed by atoms with Crippen molar-refractivity contribution >= 4 is 17.3 Å². The Labute approximate surface area is 102 Å². The van der Waals surface area contributed by atoms with Crippen molar-refractivity contribution in [1.29, 1.82) is 0 Å². The third kappa shape index (κ3) is 2.33. The molecule has 1 fully saturated rings. The van der Waals surface area contributed by atoms with Crippen LogP contribution in [0.1, 0.15) is 25.3 Å². The first-order chi connectivity index (χ1) is 7.72. The van der Waals surface area contributed by atoms with Gasteiger partial charge in [-0.1, -0.05) is 17.7 Å². The van der Waals surface area contributed by atoms with Gasteiger partial charge in [-0.3, -0.25) is 0 Å². The molecule has 1 aromatic rings. The average Bonchev–Trinajstić information content (AvgIpc) is 2.68. The Morgan fingerprint density at radius 1 is 1.50 bits per heavy atom. The van der Waals surface area contributed by atoms with Gasteiger partial charge in [-0.05, 0) is 50.4 Å². The van der Waals surface area contributed by atoms with Gasteiger partial charge >= 0.3 is 0 Å². The van der Waals surface area contributed by atoms with Gasteiger partial charge in [-0.2, -0.15) is 0 Å². The summed E-state index contributed by atoms with van der Waals surface area (Å²) in [6, 6.07) is 6.99. The molecule has 1 heterocycles. The van der Waals surface area contributed by atoms with Crippen LogP contribution in [0.25, 0.3) is 0 Å². The van der Waals surface area contributed by atoms with Gasteiger partial charge in [0.2, 0.25) is 0 Å². The van der Waals surface area contributed by atoms with E-state index >= 15 is 0 Å². The second-order valence-electron chi connectivity index (χ2n) is 4.50. The molecule has 0 aliphatic carbocycles. The van der Waals surface area contributed by atoms with Crippen LogP contribution in [0.3, 0.4) is 0 Å². The van der Waals surface area contributed by atoms with E-state index < -0.39 is 0 Å². The van der Waals surface area contributed by atoms with Crippen molar-refractivity contribution in [3.8, 4) is 0 Å². The lowest BCUT2D eigenvalue weighted by Crippen LogP contribution is -2.26. The smallest absolute Gasteiger partial charge is 0.0459 e. The molecule has 2 rings (SSSR count). The van der Waals surface area contributed by atoms with E-state index in [1.165, 1.54) is 18.5 Å². The summed E-state index contributed by atoms with van der Waals surface area (Å²) in [4.78, 5) is 2.43. The minimum absolute atomic E-state index is 0.636. The topological polar surface area (TPSA) is 29.3 Å². The Hall–Kier alpha value is -0.730. The zero-order valence-electron chi connectivity index (χ0n) is 9.75. The summed E-state index contributed by atoms with van der Waals surface area (Å²) in [5, 5.41) is 0.849. The molecule has 0 aromatic heterocycles. The van der Waals surface area contributed by atoms with Gasteiger partial charge in [0.25, 0.3) is 0 Å². The number of anilines is 1.